The third kappa shape index (κ3) is 5.78. The summed E-state index contributed by atoms with van der Waals surface area (Å²) in [6, 6.07) is 9.44. The summed E-state index contributed by atoms with van der Waals surface area (Å²) < 4.78 is 0. The van der Waals surface area contributed by atoms with Gasteiger partial charge < -0.3 is 5.32 Å². The van der Waals surface area contributed by atoms with Crippen molar-refractivity contribution in [1.82, 2.24) is 20.2 Å². The second-order valence-corrected chi connectivity index (χ2v) is 7.22. The molecule has 1 aromatic heterocycles. The first kappa shape index (κ1) is 18.8. The number of hydrogen-bond acceptors (Lipinski definition) is 4. The first-order valence-electron chi connectivity index (χ1n) is 9.19. The van der Waals surface area contributed by atoms with E-state index in [-0.39, 0.29) is 5.91 Å². The van der Waals surface area contributed by atoms with E-state index in [4.69, 9.17) is 11.6 Å². The fourth-order valence-electron chi connectivity index (χ4n) is 3.40. The first-order valence-corrected chi connectivity index (χ1v) is 9.57. The number of likely N-dealkylation sites (tertiary alicyclic amines) is 1. The van der Waals surface area contributed by atoms with E-state index in [9.17, 15) is 4.79 Å². The standard InChI is InChI=1S/C20H25ClN4O/c21-18-7-2-1-6-17(18)13-24-20(26)9-8-16-5-3-12-25(14-16)15-19-22-10-4-11-23-19/h1-2,4,6-7,10-11,16H,3,5,8-9,12-15H2,(H,24,26)/t16-/m1/s1. The minimum absolute atomic E-state index is 0.0911. The molecule has 6 heteroatoms. The number of piperidine rings is 1. The lowest BCUT2D eigenvalue weighted by Gasteiger charge is -2.32. The smallest absolute Gasteiger partial charge is 0.220 e. The molecule has 1 aliphatic rings. The highest BCUT2D eigenvalue weighted by Gasteiger charge is 2.21. The maximum absolute atomic E-state index is 12.2. The lowest BCUT2D eigenvalue weighted by Crippen LogP contribution is -2.36. The number of nitrogens with one attached hydrogen (secondary N) is 1. The zero-order chi connectivity index (χ0) is 18.2. The molecule has 1 atom stereocenters. The van der Waals surface area contributed by atoms with Crippen molar-refractivity contribution >= 4 is 17.5 Å². The molecular formula is C20H25ClN4O. The normalized spacial score (nSPS) is 17.8. The van der Waals surface area contributed by atoms with Crippen LogP contribution in [0.1, 0.15) is 37.1 Å². The van der Waals surface area contributed by atoms with Crippen molar-refractivity contribution in [2.24, 2.45) is 5.92 Å². The summed E-state index contributed by atoms with van der Waals surface area (Å²) in [6.07, 6.45) is 7.40. The third-order valence-corrected chi connectivity index (χ3v) is 5.17. The van der Waals surface area contributed by atoms with Crippen LogP contribution in [0.4, 0.5) is 0 Å². The molecule has 1 amide bonds. The van der Waals surface area contributed by atoms with E-state index in [1.165, 1.54) is 12.8 Å². The number of carbonyl (C=O) groups excluding carboxylic acids is 1. The Morgan fingerprint density at radius 1 is 1.23 bits per heavy atom. The number of benzene rings is 1. The van der Waals surface area contributed by atoms with E-state index in [1.807, 2.05) is 30.3 Å². The molecule has 0 aliphatic carbocycles. The van der Waals surface area contributed by atoms with Gasteiger partial charge in [0.1, 0.15) is 5.82 Å². The Bertz CT molecular complexity index is 710. The fraction of sp³-hybridized carbons (Fsp3) is 0.450. The van der Waals surface area contributed by atoms with E-state index in [0.717, 1.165) is 37.4 Å². The molecule has 0 unspecified atom stereocenters. The third-order valence-electron chi connectivity index (χ3n) is 4.80. The molecule has 1 saturated heterocycles. The van der Waals surface area contributed by atoms with Gasteiger partial charge in [-0.1, -0.05) is 29.8 Å². The topological polar surface area (TPSA) is 58.1 Å². The van der Waals surface area contributed by atoms with Crippen molar-refractivity contribution in [3.63, 3.8) is 0 Å². The summed E-state index contributed by atoms with van der Waals surface area (Å²) in [5.74, 6) is 1.51. The summed E-state index contributed by atoms with van der Waals surface area (Å²) in [5.41, 5.74) is 0.953. The molecule has 1 aromatic carbocycles. The van der Waals surface area contributed by atoms with Gasteiger partial charge in [0.15, 0.2) is 0 Å². The summed E-state index contributed by atoms with van der Waals surface area (Å²) in [4.78, 5) is 23.2. The van der Waals surface area contributed by atoms with Crippen molar-refractivity contribution in [2.75, 3.05) is 13.1 Å². The van der Waals surface area contributed by atoms with Gasteiger partial charge in [0.25, 0.3) is 0 Å². The Morgan fingerprint density at radius 2 is 2.04 bits per heavy atom. The predicted octanol–water partition coefficient (Wildman–Crippen LogP) is 3.44. The highest BCUT2D eigenvalue weighted by atomic mass is 35.5. The maximum Gasteiger partial charge on any atom is 0.220 e. The molecule has 0 spiro atoms. The minimum Gasteiger partial charge on any atom is -0.352 e. The lowest BCUT2D eigenvalue weighted by atomic mass is 9.93. The van der Waals surface area contributed by atoms with Crippen molar-refractivity contribution in [3.05, 3.63) is 59.1 Å². The predicted molar refractivity (Wildman–Crippen MR) is 103 cm³/mol. The van der Waals surface area contributed by atoms with Crippen LogP contribution in [0.15, 0.2) is 42.7 Å². The molecular weight excluding hydrogens is 348 g/mol. The van der Waals surface area contributed by atoms with E-state index in [0.29, 0.717) is 23.9 Å². The van der Waals surface area contributed by atoms with Crippen LogP contribution >= 0.6 is 11.6 Å². The van der Waals surface area contributed by atoms with Gasteiger partial charge in [0, 0.05) is 36.9 Å². The van der Waals surface area contributed by atoms with Gasteiger partial charge >= 0.3 is 0 Å². The highest BCUT2D eigenvalue weighted by Crippen LogP contribution is 2.22. The van der Waals surface area contributed by atoms with Crippen LogP contribution < -0.4 is 5.32 Å². The van der Waals surface area contributed by atoms with Crippen molar-refractivity contribution in [3.8, 4) is 0 Å². The molecule has 138 valence electrons. The summed E-state index contributed by atoms with van der Waals surface area (Å²) in [6.45, 7) is 3.36. The zero-order valence-corrected chi connectivity index (χ0v) is 15.7. The van der Waals surface area contributed by atoms with Crippen LogP contribution in [0.25, 0.3) is 0 Å². The first-order chi connectivity index (χ1) is 12.7. The van der Waals surface area contributed by atoms with Gasteiger partial charge in [-0.3, -0.25) is 9.69 Å². The fourth-order valence-corrected chi connectivity index (χ4v) is 3.60. The van der Waals surface area contributed by atoms with Crippen molar-refractivity contribution in [1.29, 1.82) is 0 Å². The van der Waals surface area contributed by atoms with Crippen molar-refractivity contribution in [2.45, 2.75) is 38.8 Å². The van der Waals surface area contributed by atoms with Crippen LogP contribution in [0.5, 0.6) is 0 Å². The van der Waals surface area contributed by atoms with Crippen LogP contribution in [0, 0.1) is 5.92 Å². The zero-order valence-electron chi connectivity index (χ0n) is 14.9. The SMILES string of the molecule is O=C(CC[C@H]1CCCN(Cc2ncccn2)C1)NCc1ccccc1Cl. The molecule has 2 aromatic rings. The molecule has 2 heterocycles. The molecule has 5 nitrogen and oxygen atoms in total. The van der Waals surface area contributed by atoms with Gasteiger partial charge in [0.2, 0.25) is 5.91 Å². The highest BCUT2D eigenvalue weighted by molar-refractivity contribution is 6.31. The quantitative estimate of drug-likeness (QED) is 0.808. The van der Waals surface area contributed by atoms with Crippen LogP contribution in [0.3, 0.4) is 0 Å². The van der Waals surface area contributed by atoms with Crippen LogP contribution in [-0.4, -0.2) is 33.9 Å². The van der Waals surface area contributed by atoms with E-state index < -0.39 is 0 Å². The lowest BCUT2D eigenvalue weighted by molar-refractivity contribution is -0.121. The maximum atomic E-state index is 12.2. The van der Waals surface area contributed by atoms with E-state index >= 15 is 0 Å². The van der Waals surface area contributed by atoms with E-state index in [2.05, 4.69) is 20.2 Å². The summed E-state index contributed by atoms with van der Waals surface area (Å²) in [5, 5.41) is 3.67. The second-order valence-electron chi connectivity index (χ2n) is 6.82. The summed E-state index contributed by atoms with van der Waals surface area (Å²) in [7, 11) is 0. The average Bonchev–Trinajstić information content (AvgIpc) is 2.67. The largest absolute Gasteiger partial charge is 0.352 e. The Kier molecular flexibility index (Phi) is 6.97. The van der Waals surface area contributed by atoms with E-state index in [1.54, 1.807) is 12.4 Å². The molecule has 26 heavy (non-hydrogen) atoms. The Balaban J connectivity index is 1.39. The second kappa shape index (κ2) is 9.64. The van der Waals surface area contributed by atoms with Gasteiger partial charge in [0.05, 0.1) is 6.54 Å². The van der Waals surface area contributed by atoms with Crippen molar-refractivity contribution < 1.29 is 4.79 Å². The number of nitrogens with zero attached hydrogens (tertiary/aromatic N) is 3. The van der Waals surface area contributed by atoms with Gasteiger partial charge in [-0.2, -0.15) is 0 Å². The van der Waals surface area contributed by atoms with Crippen LogP contribution in [0.2, 0.25) is 5.02 Å². The molecule has 3 rings (SSSR count). The summed E-state index contributed by atoms with van der Waals surface area (Å²) >= 11 is 6.12. The monoisotopic (exact) mass is 372 g/mol. The minimum atomic E-state index is 0.0911. The number of hydrogen-bond donors (Lipinski definition) is 1. The number of rotatable bonds is 7. The molecule has 1 aliphatic heterocycles. The number of carbonyl (C=O) groups is 1. The average molecular weight is 373 g/mol. The number of halogens is 1. The molecule has 1 N–H and O–H groups in total. The molecule has 1 fully saturated rings. The van der Waals surface area contributed by atoms with Gasteiger partial charge in [-0.25, -0.2) is 9.97 Å². The van der Waals surface area contributed by atoms with Crippen LogP contribution in [-0.2, 0) is 17.9 Å². The Labute approximate surface area is 159 Å². The molecule has 0 bridgehead atoms. The van der Waals surface area contributed by atoms with Gasteiger partial charge in [-0.05, 0) is 49.4 Å². The molecule has 0 radical (unpaired) electrons. The number of aromatic nitrogens is 2. The Morgan fingerprint density at radius 3 is 2.85 bits per heavy atom. The van der Waals surface area contributed by atoms with Gasteiger partial charge in [-0.15, -0.1) is 0 Å². The Hall–Kier alpha value is -1.98. The molecule has 0 saturated carbocycles. The number of amides is 1.